The average Bonchev–Trinajstić information content (AvgIpc) is 2.83. The lowest BCUT2D eigenvalue weighted by atomic mass is 10.1. The smallest absolute Gasteiger partial charge is 0.312 e. The number of rotatable bonds is 21. The maximum absolute atomic E-state index is 11.8. The number of carboxylic acid groups (broad SMARTS) is 2. The summed E-state index contributed by atoms with van der Waals surface area (Å²) in [6, 6.07) is 7.00. The average molecular weight is 534 g/mol. The van der Waals surface area contributed by atoms with Crippen LogP contribution >= 0.6 is 11.8 Å². The predicted molar refractivity (Wildman–Crippen MR) is 150 cm³/mol. The van der Waals surface area contributed by atoms with E-state index in [0.29, 0.717) is 18.5 Å². The van der Waals surface area contributed by atoms with Crippen LogP contribution < -0.4 is 5.32 Å². The van der Waals surface area contributed by atoms with Crippen molar-refractivity contribution in [3.05, 3.63) is 48.6 Å². The Morgan fingerprint density at radius 2 is 1.65 bits per heavy atom. The van der Waals surface area contributed by atoms with E-state index in [9.17, 15) is 19.5 Å². The molecular formula is C29H43NO6S. The number of nitrogens with one attached hydrogen (secondary N) is 1. The molecule has 37 heavy (non-hydrogen) atoms. The molecule has 0 aromatic heterocycles. The number of carboxylic acids is 2. The van der Waals surface area contributed by atoms with E-state index >= 15 is 0 Å². The van der Waals surface area contributed by atoms with Gasteiger partial charge in [-0.15, -0.1) is 11.8 Å². The Bertz CT molecular complexity index is 870. The summed E-state index contributed by atoms with van der Waals surface area (Å²) >= 11 is 1.41. The van der Waals surface area contributed by atoms with E-state index < -0.39 is 30.4 Å². The molecule has 0 aliphatic carbocycles. The largest absolute Gasteiger partial charge is 0.481 e. The maximum atomic E-state index is 11.8. The molecule has 1 amide bonds. The summed E-state index contributed by atoms with van der Waals surface area (Å²) in [7, 11) is 0. The molecule has 0 radical (unpaired) electrons. The molecule has 2 atom stereocenters. The highest BCUT2D eigenvalue weighted by Crippen LogP contribution is 2.30. The summed E-state index contributed by atoms with van der Waals surface area (Å²) in [6.07, 6.45) is 18.6. The normalized spacial score (nSPS) is 13.1. The molecule has 0 bridgehead atoms. The Labute approximate surface area is 225 Å². The van der Waals surface area contributed by atoms with E-state index in [2.05, 4.69) is 18.3 Å². The number of anilines is 1. The number of carbonyl (C=O) groups excluding carboxylic acids is 1. The lowest BCUT2D eigenvalue weighted by molar-refractivity contribution is -0.140. The molecular weight excluding hydrogens is 490 g/mol. The van der Waals surface area contributed by atoms with E-state index in [1.807, 2.05) is 24.3 Å². The first-order chi connectivity index (χ1) is 17.8. The summed E-state index contributed by atoms with van der Waals surface area (Å²) in [4.78, 5) is 34.1. The number of amides is 1. The SMILES string of the molecule is CCCCCCCCCC/C=C\C=C\[C@@H](Sc1cccc(NC(=O)CC(=O)O)c1)[C@@H](O)CCCC(=O)O. The van der Waals surface area contributed by atoms with Crippen molar-refractivity contribution in [2.45, 2.75) is 107 Å². The van der Waals surface area contributed by atoms with E-state index in [1.54, 1.807) is 18.2 Å². The highest BCUT2D eigenvalue weighted by molar-refractivity contribution is 8.00. The molecule has 0 aliphatic heterocycles. The molecule has 0 aliphatic rings. The van der Waals surface area contributed by atoms with Crippen LogP contribution in [-0.2, 0) is 14.4 Å². The summed E-state index contributed by atoms with van der Waals surface area (Å²) in [5.41, 5.74) is 0.476. The van der Waals surface area contributed by atoms with Crippen LogP contribution in [0, 0.1) is 0 Å². The van der Waals surface area contributed by atoms with Crippen molar-refractivity contribution >= 4 is 35.3 Å². The van der Waals surface area contributed by atoms with Gasteiger partial charge in [-0.1, -0.05) is 82.2 Å². The van der Waals surface area contributed by atoms with Crippen LogP contribution in [0.4, 0.5) is 5.69 Å². The van der Waals surface area contributed by atoms with Gasteiger partial charge in [0.15, 0.2) is 0 Å². The third kappa shape index (κ3) is 17.5. The lowest BCUT2D eigenvalue weighted by Crippen LogP contribution is -2.21. The van der Waals surface area contributed by atoms with Crippen molar-refractivity contribution in [3.8, 4) is 0 Å². The number of hydrogen-bond acceptors (Lipinski definition) is 5. The molecule has 0 spiro atoms. The Hall–Kier alpha value is -2.58. The molecule has 0 saturated heterocycles. The van der Waals surface area contributed by atoms with E-state index in [-0.39, 0.29) is 11.7 Å². The number of unbranched alkanes of at least 4 members (excludes halogenated alkanes) is 8. The van der Waals surface area contributed by atoms with Crippen LogP contribution in [0.15, 0.2) is 53.5 Å². The van der Waals surface area contributed by atoms with Crippen LogP contribution in [-0.4, -0.2) is 44.5 Å². The van der Waals surface area contributed by atoms with Gasteiger partial charge in [0.1, 0.15) is 6.42 Å². The first-order valence-electron chi connectivity index (χ1n) is 13.3. The van der Waals surface area contributed by atoms with E-state index in [0.717, 1.165) is 17.7 Å². The van der Waals surface area contributed by atoms with Gasteiger partial charge < -0.3 is 20.6 Å². The summed E-state index contributed by atoms with van der Waals surface area (Å²) < 4.78 is 0. The van der Waals surface area contributed by atoms with Crippen LogP contribution in [0.1, 0.15) is 90.4 Å². The Kier molecular flexibility index (Phi) is 18.0. The van der Waals surface area contributed by atoms with Gasteiger partial charge in [-0.3, -0.25) is 14.4 Å². The number of aliphatic hydroxyl groups is 1. The van der Waals surface area contributed by atoms with Crippen molar-refractivity contribution < 1.29 is 29.7 Å². The molecule has 0 saturated carbocycles. The molecule has 0 fully saturated rings. The van der Waals surface area contributed by atoms with Gasteiger partial charge in [0, 0.05) is 17.0 Å². The van der Waals surface area contributed by atoms with Crippen molar-refractivity contribution in [2.24, 2.45) is 0 Å². The molecule has 1 rings (SSSR count). The number of hydrogen-bond donors (Lipinski definition) is 4. The zero-order valence-electron chi connectivity index (χ0n) is 21.9. The first-order valence-corrected chi connectivity index (χ1v) is 14.2. The Balaban J connectivity index is 2.64. The topological polar surface area (TPSA) is 124 Å². The number of aliphatic hydroxyl groups excluding tert-OH is 1. The van der Waals surface area contributed by atoms with Crippen molar-refractivity contribution in [2.75, 3.05) is 5.32 Å². The van der Waals surface area contributed by atoms with E-state index in [4.69, 9.17) is 10.2 Å². The standard InChI is InChI=1S/C29H43NO6S/c1-2-3-4-5-6-7-8-9-10-11-12-13-19-26(25(31)18-15-20-28(33)34)37-24-17-14-16-23(21-24)30-27(32)22-29(35)36/h11-14,16-17,19,21,25-26,31H,2-10,15,18,20,22H2,1H3,(H,30,32)(H,33,34)(H,35,36)/b12-11-,19-13+/t25-,26+/m0/s1. The third-order valence-corrected chi connectivity index (χ3v) is 7.01. The Morgan fingerprint density at radius 3 is 2.32 bits per heavy atom. The second-order valence-corrected chi connectivity index (χ2v) is 10.4. The van der Waals surface area contributed by atoms with Gasteiger partial charge in [-0.25, -0.2) is 0 Å². The molecule has 206 valence electrons. The first kappa shape index (κ1) is 32.4. The number of thioether (sulfide) groups is 1. The molecule has 7 nitrogen and oxygen atoms in total. The van der Waals surface area contributed by atoms with Crippen LogP contribution in [0.5, 0.6) is 0 Å². The quantitative estimate of drug-likeness (QED) is 0.0591. The monoisotopic (exact) mass is 533 g/mol. The summed E-state index contributed by atoms with van der Waals surface area (Å²) in [6.45, 7) is 2.23. The van der Waals surface area contributed by atoms with E-state index in [1.165, 1.54) is 56.7 Å². The van der Waals surface area contributed by atoms with Crippen molar-refractivity contribution in [3.63, 3.8) is 0 Å². The maximum Gasteiger partial charge on any atom is 0.312 e. The fraction of sp³-hybridized carbons (Fsp3) is 0.552. The Morgan fingerprint density at radius 1 is 0.946 bits per heavy atom. The minimum Gasteiger partial charge on any atom is -0.481 e. The molecule has 0 unspecified atom stereocenters. The molecule has 4 N–H and O–H groups in total. The highest BCUT2D eigenvalue weighted by atomic mass is 32.2. The van der Waals surface area contributed by atoms with Gasteiger partial charge in [-0.2, -0.15) is 0 Å². The zero-order chi connectivity index (χ0) is 27.3. The van der Waals surface area contributed by atoms with Gasteiger partial charge in [-0.05, 0) is 43.9 Å². The van der Waals surface area contributed by atoms with Crippen LogP contribution in [0.3, 0.4) is 0 Å². The number of aliphatic carboxylic acids is 2. The molecule has 0 heterocycles. The molecule has 1 aromatic carbocycles. The summed E-state index contributed by atoms with van der Waals surface area (Å²) in [5, 5.41) is 30.7. The van der Waals surface area contributed by atoms with Crippen LogP contribution in [0.2, 0.25) is 0 Å². The van der Waals surface area contributed by atoms with Gasteiger partial charge in [0.2, 0.25) is 5.91 Å². The van der Waals surface area contributed by atoms with Crippen molar-refractivity contribution in [1.29, 1.82) is 0 Å². The number of allylic oxidation sites excluding steroid dienone is 3. The van der Waals surface area contributed by atoms with Gasteiger partial charge in [0.05, 0.1) is 11.4 Å². The second-order valence-electron chi connectivity index (χ2n) is 9.16. The zero-order valence-corrected chi connectivity index (χ0v) is 22.8. The highest BCUT2D eigenvalue weighted by Gasteiger charge is 2.18. The van der Waals surface area contributed by atoms with Gasteiger partial charge in [0.25, 0.3) is 0 Å². The predicted octanol–water partition coefficient (Wildman–Crippen LogP) is 6.82. The van der Waals surface area contributed by atoms with Gasteiger partial charge >= 0.3 is 11.9 Å². The minimum absolute atomic E-state index is 0.00175. The number of carbonyl (C=O) groups is 3. The van der Waals surface area contributed by atoms with Crippen molar-refractivity contribution in [1.82, 2.24) is 0 Å². The number of benzene rings is 1. The fourth-order valence-electron chi connectivity index (χ4n) is 3.76. The molecule has 8 heteroatoms. The third-order valence-electron chi connectivity index (χ3n) is 5.74. The fourth-order valence-corrected chi connectivity index (χ4v) is 4.89. The molecule has 1 aromatic rings. The van der Waals surface area contributed by atoms with Crippen LogP contribution in [0.25, 0.3) is 0 Å². The summed E-state index contributed by atoms with van der Waals surface area (Å²) in [5.74, 6) is -2.70. The lowest BCUT2D eigenvalue weighted by Gasteiger charge is -2.19. The second kappa shape index (κ2) is 20.5. The minimum atomic E-state index is -1.20.